The van der Waals surface area contributed by atoms with Gasteiger partial charge in [0.2, 0.25) is 3.79 Å². The molecule has 0 spiro atoms. The van der Waals surface area contributed by atoms with Gasteiger partial charge in [-0.25, -0.2) is 0 Å². The Hall–Kier alpha value is -0.480. The molecule has 0 atom stereocenters. The monoisotopic (exact) mass is 269 g/mol. The van der Waals surface area contributed by atoms with Crippen molar-refractivity contribution in [3.63, 3.8) is 0 Å². The number of benzene rings is 1. The minimum absolute atomic E-state index is 1.28. The molecule has 3 nitrogen and oxygen atoms in total. The number of quaternary nitrogens is 1. The van der Waals surface area contributed by atoms with Crippen LogP contribution in [0, 0.1) is 0 Å². The highest BCUT2D eigenvalue weighted by Crippen LogP contribution is 2.24. The molecular weight excluding hydrogens is 260 g/mol. The zero-order valence-corrected chi connectivity index (χ0v) is 10.2. The Morgan fingerprint density at radius 3 is 1.87 bits per heavy atom. The number of halogens is 3. The number of hydrogen-bond acceptors (Lipinski definition) is 2. The highest BCUT2D eigenvalue weighted by atomic mass is 35.6. The molecule has 0 unspecified atom stereocenters. The van der Waals surface area contributed by atoms with Crippen LogP contribution in [0.15, 0.2) is 30.3 Å². The molecular formula is C9H10Cl3NO2. The Morgan fingerprint density at radius 2 is 1.67 bits per heavy atom. The fourth-order valence-corrected chi connectivity index (χ4v) is 0.645. The number of para-hydroxylation sites is 1. The van der Waals surface area contributed by atoms with Gasteiger partial charge in [-0.1, -0.05) is 53.0 Å². The molecule has 0 aliphatic carbocycles. The first kappa shape index (κ1) is 14.5. The van der Waals surface area contributed by atoms with Crippen molar-refractivity contribution in [1.29, 1.82) is 0 Å². The number of aliphatic carboxylic acids is 1. The van der Waals surface area contributed by atoms with Crippen LogP contribution >= 0.6 is 34.8 Å². The molecule has 0 aliphatic heterocycles. The van der Waals surface area contributed by atoms with E-state index < -0.39 is 9.76 Å². The quantitative estimate of drug-likeness (QED) is 0.601. The van der Waals surface area contributed by atoms with Crippen LogP contribution in [0.3, 0.4) is 0 Å². The first-order valence-corrected chi connectivity index (χ1v) is 5.14. The lowest BCUT2D eigenvalue weighted by molar-refractivity contribution is -0.539. The fraction of sp³-hybridized carbons (Fsp3) is 0.222. The van der Waals surface area contributed by atoms with Gasteiger partial charge in [0.15, 0.2) is 0 Å². The van der Waals surface area contributed by atoms with E-state index in [1.54, 1.807) is 0 Å². The van der Waals surface area contributed by atoms with E-state index >= 15 is 0 Å². The normalized spacial score (nSPS) is 10.1. The SMILES string of the molecule is C[NH2+]c1ccccc1.O=C([O-])C(Cl)(Cl)Cl. The van der Waals surface area contributed by atoms with Crippen molar-refractivity contribution in [2.75, 3.05) is 7.05 Å². The van der Waals surface area contributed by atoms with Crippen LogP contribution in [-0.2, 0) is 4.79 Å². The van der Waals surface area contributed by atoms with E-state index in [1.165, 1.54) is 5.69 Å². The van der Waals surface area contributed by atoms with Crippen LogP contribution in [-0.4, -0.2) is 16.8 Å². The summed E-state index contributed by atoms with van der Waals surface area (Å²) < 4.78 is -2.28. The van der Waals surface area contributed by atoms with Crippen molar-refractivity contribution >= 4 is 46.5 Å². The average Bonchev–Trinajstić information content (AvgIpc) is 2.18. The predicted octanol–water partition coefficient (Wildman–Crippen LogP) is 0.618. The van der Waals surface area contributed by atoms with Gasteiger partial charge in [-0.15, -0.1) is 0 Å². The van der Waals surface area contributed by atoms with E-state index in [9.17, 15) is 9.90 Å². The van der Waals surface area contributed by atoms with Crippen molar-refractivity contribution in [1.82, 2.24) is 0 Å². The number of carboxylic acid groups (broad SMARTS) is 1. The summed E-state index contributed by atoms with van der Waals surface area (Å²) in [5.74, 6) is -1.71. The average molecular weight is 271 g/mol. The molecule has 15 heavy (non-hydrogen) atoms. The van der Waals surface area contributed by atoms with Crippen molar-refractivity contribution in [3.8, 4) is 0 Å². The standard InChI is InChI=1S/C7H9N.C2HCl3O2/c1-8-7-5-3-2-4-6-7;3-2(4,5)1(6)7/h2-6,8H,1H3;(H,6,7). The summed E-state index contributed by atoms with van der Waals surface area (Å²) in [5, 5.41) is 11.6. The van der Waals surface area contributed by atoms with Crippen LogP contribution in [0.2, 0.25) is 0 Å². The molecule has 0 fully saturated rings. The lowest BCUT2D eigenvalue weighted by atomic mass is 10.3. The Bertz CT molecular complexity index is 298. The fourth-order valence-electron chi connectivity index (χ4n) is 0.645. The molecule has 84 valence electrons. The molecule has 0 aromatic heterocycles. The topological polar surface area (TPSA) is 56.7 Å². The second-order valence-corrected chi connectivity index (χ2v) is 4.77. The van der Waals surface area contributed by atoms with Gasteiger partial charge in [-0.3, -0.25) is 0 Å². The molecule has 0 bridgehead atoms. The van der Waals surface area contributed by atoms with Gasteiger partial charge in [0.25, 0.3) is 0 Å². The van der Waals surface area contributed by atoms with E-state index in [4.69, 9.17) is 34.8 Å². The van der Waals surface area contributed by atoms with E-state index in [2.05, 4.69) is 17.4 Å². The Balaban J connectivity index is 0.000000265. The number of nitrogens with two attached hydrogens (primary N) is 1. The Labute approximate surface area is 103 Å². The van der Waals surface area contributed by atoms with Crippen LogP contribution in [0.25, 0.3) is 0 Å². The third kappa shape index (κ3) is 7.45. The van der Waals surface area contributed by atoms with Crippen LogP contribution < -0.4 is 10.4 Å². The molecule has 6 heteroatoms. The molecule has 0 saturated carbocycles. The summed E-state index contributed by atoms with van der Waals surface area (Å²) in [6, 6.07) is 10.3. The van der Waals surface area contributed by atoms with Crippen LogP contribution in [0.4, 0.5) is 5.69 Å². The zero-order chi connectivity index (χ0) is 11.9. The molecule has 0 aliphatic rings. The molecule has 1 aromatic rings. The minimum Gasteiger partial charge on any atom is -0.545 e. The van der Waals surface area contributed by atoms with Gasteiger partial charge in [-0.05, 0) is 12.1 Å². The third-order valence-corrected chi connectivity index (χ3v) is 1.83. The van der Waals surface area contributed by atoms with Crippen LogP contribution in [0.1, 0.15) is 0 Å². The van der Waals surface area contributed by atoms with Crippen LogP contribution in [0.5, 0.6) is 0 Å². The summed E-state index contributed by atoms with van der Waals surface area (Å²) in [4.78, 5) is 9.51. The number of carbonyl (C=O) groups excluding carboxylic acids is 1. The third-order valence-electron chi connectivity index (χ3n) is 1.36. The summed E-state index contributed by atoms with van der Waals surface area (Å²) >= 11 is 14.2. The molecule has 0 amide bonds. The van der Waals surface area contributed by atoms with Gasteiger partial charge in [0, 0.05) is 0 Å². The number of carbonyl (C=O) groups is 1. The summed E-state index contributed by atoms with van der Waals surface area (Å²) in [5.41, 5.74) is 1.28. The number of alkyl halides is 3. The molecule has 1 aromatic carbocycles. The highest BCUT2D eigenvalue weighted by molar-refractivity contribution is 6.75. The van der Waals surface area contributed by atoms with E-state index in [-0.39, 0.29) is 0 Å². The summed E-state index contributed by atoms with van der Waals surface area (Å²) in [7, 11) is 2.04. The smallest absolute Gasteiger partial charge is 0.230 e. The number of hydrogen-bond donors (Lipinski definition) is 1. The lowest BCUT2D eigenvalue weighted by Gasteiger charge is -2.09. The van der Waals surface area contributed by atoms with E-state index in [1.807, 2.05) is 25.2 Å². The zero-order valence-electron chi connectivity index (χ0n) is 7.91. The highest BCUT2D eigenvalue weighted by Gasteiger charge is 2.20. The van der Waals surface area contributed by atoms with Crippen molar-refractivity contribution in [3.05, 3.63) is 30.3 Å². The maximum absolute atomic E-state index is 9.51. The second-order valence-electron chi connectivity index (χ2n) is 2.48. The van der Waals surface area contributed by atoms with Gasteiger partial charge < -0.3 is 15.2 Å². The maximum Gasteiger partial charge on any atom is 0.230 e. The van der Waals surface area contributed by atoms with E-state index in [0.29, 0.717) is 0 Å². The molecule has 0 heterocycles. The van der Waals surface area contributed by atoms with Crippen molar-refractivity contribution in [2.24, 2.45) is 0 Å². The molecule has 2 N–H and O–H groups in total. The Kier molecular flexibility index (Phi) is 6.68. The van der Waals surface area contributed by atoms with Crippen molar-refractivity contribution < 1.29 is 15.2 Å². The lowest BCUT2D eigenvalue weighted by Crippen LogP contribution is -2.72. The first-order chi connectivity index (χ1) is 6.88. The first-order valence-electron chi connectivity index (χ1n) is 4.00. The van der Waals surface area contributed by atoms with Crippen molar-refractivity contribution in [2.45, 2.75) is 3.79 Å². The summed E-state index contributed by atoms with van der Waals surface area (Å²) in [6.07, 6.45) is 0. The largest absolute Gasteiger partial charge is 0.545 e. The molecule has 1 rings (SSSR count). The summed E-state index contributed by atoms with van der Waals surface area (Å²) in [6.45, 7) is 0. The van der Waals surface area contributed by atoms with Gasteiger partial charge in [-0.2, -0.15) is 0 Å². The maximum atomic E-state index is 9.51. The Morgan fingerprint density at radius 1 is 1.27 bits per heavy atom. The minimum atomic E-state index is -2.28. The number of rotatable bonds is 1. The number of carboxylic acids is 1. The van der Waals surface area contributed by atoms with E-state index in [0.717, 1.165) is 0 Å². The molecule has 0 radical (unpaired) electrons. The predicted molar refractivity (Wildman–Crippen MR) is 59.2 cm³/mol. The van der Waals surface area contributed by atoms with Gasteiger partial charge in [0.05, 0.1) is 13.0 Å². The van der Waals surface area contributed by atoms with Gasteiger partial charge >= 0.3 is 0 Å². The van der Waals surface area contributed by atoms with Gasteiger partial charge in [0.1, 0.15) is 5.69 Å². The second kappa shape index (κ2) is 6.90. The molecule has 0 saturated heterocycles.